The lowest BCUT2D eigenvalue weighted by molar-refractivity contribution is -0.127. The largest absolute Gasteiger partial charge is 0.376 e. The van der Waals surface area contributed by atoms with Crippen molar-refractivity contribution >= 4 is 11.8 Å². The highest BCUT2D eigenvalue weighted by Gasteiger charge is 2.53. The fraction of sp³-hybridized carbons (Fsp3) is 0.619. The van der Waals surface area contributed by atoms with Crippen LogP contribution in [0.3, 0.4) is 0 Å². The van der Waals surface area contributed by atoms with Gasteiger partial charge in [-0.2, -0.15) is 0 Å². The number of rotatable bonds is 4. The second-order valence-corrected chi connectivity index (χ2v) is 7.90. The van der Waals surface area contributed by atoms with Crippen molar-refractivity contribution in [1.29, 1.82) is 0 Å². The molecule has 3 fully saturated rings. The molecule has 2 atom stereocenters. The Balaban J connectivity index is 1.55. The van der Waals surface area contributed by atoms with Crippen molar-refractivity contribution in [3.05, 3.63) is 35.6 Å². The van der Waals surface area contributed by atoms with E-state index in [1.807, 2.05) is 0 Å². The Morgan fingerprint density at radius 3 is 2.75 bits per heavy atom. The number of ether oxygens (including phenoxy) is 2. The smallest absolute Gasteiger partial charge is 0.256 e. The van der Waals surface area contributed by atoms with Gasteiger partial charge in [-0.1, -0.05) is 12.5 Å². The second-order valence-electron chi connectivity index (χ2n) is 7.90. The summed E-state index contributed by atoms with van der Waals surface area (Å²) in [6.45, 7) is 1.32. The van der Waals surface area contributed by atoms with Crippen LogP contribution in [0.2, 0.25) is 0 Å². The number of hydrogen-bond donors (Lipinski definition) is 1. The van der Waals surface area contributed by atoms with Crippen LogP contribution < -0.4 is 5.32 Å². The van der Waals surface area contributed by atoms with Gasteiger partial charge in [-0.15, -0.1) is 0 Å². The van der Waals surface area contributed by atoms with Gasteiger partial charge in [-0.05, 0) is 56.7 Å². The first kappa shape index (κ1) is 19.3. The van der Waals surface area contributed by atoms with E-state index in [1.165, 1.54) is 18.2 Å². The van der Waals surface area contributed by atoms with E-state index in [2.05, 4.69) is 5.32 Å². The molecule has 1 aliphatic carbocycles. The molecule has 4 rings (SSSR count). The minimum absolute atomic E-state index is 0.0299. The molecule has 1 N–H and O–H groups in total. The second kappa shape index (κ2) is 8.17. The van der Waals surface area contributed by atoms with Crippen LogP contribution >= 0.6 is 0 Å². The molecular formula is C21H27FN2O4. The van der Waals surface area contributed by atoms with E-state index in [9.17, 15) is 14.0 Å². The third-order valence-electron chi connectivity index (χ3n) is 6.02. The van der Waals surface area contributed by atoms with Crippen LogP contribution in [0.4, 0.5) is 4.39 Å². The highest BCUT2D eigenvalue weighted by molar-refractivity contribution is 5.98. The first-order valence-corrected chi connectivity index (χ1v) is 10.2. The summed E-state index contributed by atoms with van der Waals surface area (Å²) in [5.74, 6) is -1.05. The summed E-state index contributed by atoms with van der Waals surface area (Å²) in [5, 5.41) is 2.92. The standard InChI is InChI=1S/C21H27FN2O4/c22-16-7-4-6-15(12-16)20(26)24-18(14-28-21(24)9-2-1-3-10-21)19(25)23-13-17-8-5-11-27-17/h4,6-7,12,17-18H,1-3,5,8-11,13-14H2,(H,23,25)/t17-,18+/m0/s1. The van der Waals surface area contributed by atoms with Gasteiger partial charge in [0.15, 0.2) is 0 Å². The molecule has 7 heteroatoms. The first-order chi connectivity index (χ1) is 13.6. The van der Waals surface area contributed by atoms with E-state index in [4.69, 9.17) is 9.47 Å². The lowest BCUT2D eigenvalue weighted by Crippen LogP contribution is -2.56. The molecule has 3 aliphatic rings. The maximum atomic E-state index is 13.7. The van der Waals surface area contributed by atoms with Gasteiger partial charge < -0.3 is 14.8 Å². The minimum Gasteiger partial charge on any atom is -0.376 e. The number of halogens is 1. The average Bonchev–Trinajstić information content (AvgIpc) is 3.35. The van der Waals surface area contributed by atoms with E-state index >= 15 is 0 Å². The molecule has 2 saturated heterocycles. The van der Waals surface area contributed by atoms with Crippen molar-refractivity contribution in [2.45, 2.75) is 62.8 Å². The Morgan fingerprint density at radius 1 is 1.21 bits per heavy atom. The Hall–Kier alpha value is -1.99. The summed E-state index contributed by atoms with van der Waals surface area (Å²) in [4.78, 5) is 27.8. The molecule has 2 aliphatic heterocycles. The highest BCUT2D eigenvalue weighted by Crippen LogP contribution is 2.41. The number of benzene rings is 1. The van der Waals surface area contributed by atoms with Gasteiger partial charge in [0.25, 0.3) is 5.91 Å². The third kappa shape index (κ3) is 3.78. The van der Waals surface area contributed by atoms with Crippen molar-refractivity contribution in [3.63, 3.8) is 0 Å². The molecule has 28 heavy (non-hydrogen) atoms. The number of nitrogens with one attached hydrogen (secondary N) is 1. The summed E-state index contributed by atoms with van der Waals surface area (Å²) >= 11 is 0. The number of carbonyl (C=O) groups excluding carboxylic acids is 2. The lowest BCUT2D eigenvalue weighted by atomic mass is 9.89. The SMILES string of the molecule is O=C(NC[C@@H]1CCCO1)[C@H]1COC2(CCCCC2)N1C(=O)c1cccc(F)c1. The van der Waals surface area contributed by atoms with Gasteiger partial charge in [-0.25, -0.2) is 4.39 Å². The number of hydrogen-bond acceptors (Lipinski definition) is 4. The lowest BCUT2D eigenvalue weighted by Gasteiger charge is -2.41. The third-order valence-corrected chi connectivity index (χ3v) is 6.02. The topological polar surface area (TPSA) is 67.9 Å². The zero-order chi connectivity index (χ0) is 19.6. The number of amides is 2. The van der Waals surface area contributed by atoms with Crippen LogP contribution in [0, 0.1) is 5.82 Å². The summed E-state index contributed by atoms with van der Waals surface area (Å²) in [7, 11) is 0. The molecule has 1 saturated carbocycles. The Morgan fingerprint density at radius 2 is 2.04 bits per heavy atom. The summed E-state index contributed by atoms with van der Waals surface area (Å²) in [5.41, 5.74) is -0.527. The van der Waals surface area contributed by atoms with Crippen molar-refractivity contribution in [1.82, 2.24) is 10.2 Å². The minimum atomic E-state index is -0.770. The van der Waals surface area contributed by atoms with Crippen LogP contribution in [0.1, 0.15) is 55.3 Å². The molecule has 0 aromatic heterocycles. The van der Waals surface area contributed by atoms with Crippen molar-refractivity contribution in [2.24, 2.45) is 0 Å². The van der Waals surface area contributed by atoms with Gasteiger partial charge >= 0.3 is 0 Å². The number of nitrogens with zero attached hydrogens (tertiary/aromatic N) is 1. The van der Waals surface area contributed by atoms with Gasteiger partial charge in [0, 0.05) is 18.7 Å². The average molecular weight is 390 g/mol. The van der Waals surface area contributed by atoms with Crippen LogP contribution in [0.25, 0.3) is 0 Å². The molecular weight excluding hydrogens is 363 g/mol. The Labute approximate surface area is 164 Å². The summed E-state index contributed by atoms with van der Waals surface area (Å²) in [6.07, 6.45) is 6.32. The predicted molar refractivity (Wildman–Crippen MR) is 100 cm³/mol. The molecule has 0 radical (unpaired) electrons. The van der Waals surface area contributed by atoms with E-state index < -0.39 is 17.6 Å². The van der Waals surface area contributed by atoms with Gasteiger partial charge in [0.1, 0.15) is 17.6 Å². The molecule has 2 amide bonds. The molecule has 2 heterocycles. The normalized spacial score (nSPS) is 26.5. The number of carbonyl (C=O) groups is 2. The summed E-state index contributed by atoms with van der Waals surface area (Å²) in [6, 6.07) is 4.91. The van der Waals surface area contributed by atoms with Gasteiger partial charge in [0.2, 0.25) is 5.91 Å². The maximum Gasteiger partial charge on any atom is 0.256 e. The van der Waals surface area contributed by atoms with Gasteiger partial charge in [-0.3, -0.25) is 14.5 Å². The Kier molecular flexibility index (Phi) is 5.64. The monoisotopic (exact) mass is 390 g/mol. The Bertz CT molecular complexity index is 729. The van der Waals surface area contributed by atoms with Crippen LogP contribution in [-0.4, -0.2) is 54.3 Å². The molecule has 0 unspecified atom stereocenters. The van der Waals surface area contributed by atoms with Gasteiger partial charge in [0.05, 0.1) is 12.7 Å². The molecule has 1 aromatic rings. The maximum absolute atomic E-state index is 13.7. The highest BCUT2D eigenvalue weighted by atomic mass is 19.1. The quantitative estimate of drug-likeness (QED) is 0.858. The van der Waals surface area contributed by atoms with E-state index in [-0.39, 0.29) is 30.1 Å². The van der Waals surface area contributed by atoms with Crippen molar-refractivity contribution < 1.29 is 23.5 Å². The van der Waals surface area contributed by atoms with E-state index in [0.29, 0.717) is 19.4 Å². The molecule has 0 bridgehead atoms. The van der Waals surface area contributed by atoms with E-state index in [0.717, 1.165) is 38.7 Å². The van der Waals surface area contributed by atoms with Crippen LogP contribution in [-0.2, 0) is 14.3 Å². The fourth-order valence-corrected chi connectivity index (χ4v) is 4.57. The first-order valence-electron chi connectivity index (χ1n) is 10.2. The molecule has 1 aromatic carbocycles. The molecule has 6 nitrogen and oxygen atoms in total. The van der Waals surface area contributed by atoms with Crippen molar-refractivity contribution in [2.75, 3.05) is 19.8 Å². The predicted octanol–water partition coefficient (Wildman–Crippen LogP) is 2.62. The zero-order valence-electron chi connectivity index (χ0n) is 16.0. The van der Waals surface area contributed by atoms with E-state index in [1.54, 1.807) is 11.0 Å². The summed E-state index contributed by atoms with van der Waals surface area (Å²) < 4.78 is 25.4. The fourth-order valence-electron chi connectivity index (χ4n) is 4.57. The zero-order valence-corrected chi connectivity index (χ0v) is 16.0. The van der Waals surface area contributed by atoms with Crippen LogP contribution in [0.15, 0.2) is 24.3 Å². The van der Waals surface area contributed by atoms with Crippen LogP contribution in [0.5, 0.6) is 0 Å². The molecule has 152 valence electrons. The molecule has 1 spiro atoms. The van der Waals surface area contributed by atoms with Crippen molar-refractivity contribution in [3.8, 4) is 0 Å².